The van der Waals surface area contributed by atoms with Crippen molar-refractivity contribution in [2.45, 2.75) is 0 Å². The number of hydrogen-bond acceptors (Lipinski definition) is 5. The molecule has 0 aliphatic rings. The monoisotopic (exact) mass is 160 g/mol. The Morgan fingerprint density at radius 2 is 1.40 bits per heavy atom. The van der Waals surface area contributed by atoms with Gasteiger partial charge in [-0.2, -0.15) is 0 Å². The first-order valence-electron chi connectivity index (χ1n) is 2.43. The summed E-state index contributed by atoms with van der Waals surface area (Å²) >= 11 is -0.611. The summed E-state index contributed by atoms with van der Waals surface area (Å²) in [6.07, 6.45) is 6.21. The molecule has 1 heterocycles. The molecule has 0 fully saturated rings. The lowest BCUT2D eigenvalue weighted by molar-refractivity contribution is 0.606. The molecule has 1 rings (SSSR count). The zero-order valence-electron chi connectivity index (χ0n) is 5.76. The SMILES string of the molecule is C[S+](C)[O-].c1cnnnn1. The smallest absolute Gasteiger partial charge is 0.0946 e. The highest BCUT2D eigenvalue weighted by molar-refractivity contribution is 7.89. The molecule has 0 spiro atoms. The van der Waals surface area contributed by atoms with Gasteiger partial charge in [-0.05, 0) is 10.4 Å². The predicted octanol–water partition coefficient (Wildman–Crippen LogP) is -0.739. The third-order valence-corrected chi connectivity index (χ3v) is 0.343. The summed E-state index contributed by atoms with van der Waals surface area (Å²) in [5, 5.41) is 13.1. The summed E-state index contributed by atoms with van der Waals surface area (Å²) in [4.78, 5) is 0. The first-order valence-corrected chi connectivity index (χ1v) is 4.40. The van der Waals surface area contributed by atoms with E-state index in [2.05, 4.69) is 20.6 Å². The average Bonchev–Trinajstić information content (AvgIpc) is 1.90. The first kappa shape index (κ1) is 9.25. The van der Waals surface area contributed by atoms with E-state index in [1.165, 1.54) is 12.4 Å². The van der Waals surface area contributed by atoms with Crippen LogP contribution in [0.15, 0.2) is 12.4 Å². The molecule has 0 amide bonds. The zero-order chi connectivity index (χ0) is 7.82. The van der Waals surface area contributed by atoms with Crippen LogP contribution in [0, 0.1) is 0 Å². The van der Waals surface area contributed by atoms with Crippen LogP contribution in [-0.2, 0) is 11.2 Å². The summed E-state index contributed by atoms with van der Waals surface area (Å²) in [6, 6.07) is 0. The number of rotatable bonds is 0. The fourth-order valence-corrected chi connectivity index (χ4v) is 0.165. The van der Waals surface area contributed by atoms with Crippen molar-refractivity contribution in [3.05, 3.63) is 12.4 Å². The maximum absolute atomic E-state index is 9.56. The quantitative estimate of drug-likeness (QED) is 0.467. The Hall–Kier alpha value is -0.750. The van der Waals surface area contributed by atoms with Crippen LogP contribution < -0.4 is 0 Å². The molecule has 0 saturated carbocycles. The maximum atomic E-state index is 9.56. The molecular weight excluding hydrogens is 152 g/mol. The summed E-state index contributed by atoms with van der Waals surface area (Å²) in [5.74, 6) is 0. The number of aromatic nitrogens is 4. The summed E-state index contributed by atoms with van der Waals surface area (Å²) in [6.45, 7) is 0. The van der Waals surface area contributed by atoms with Crippen molar-refractivity contribution in [1.82, 2.24) is 20.6 Å². The third kappa shape index (κ3) is 10.3. The van der Waals surface area contributed by atoms with Crippen molar-refractivity contribution in [2.24, 2.45) is 0 Å². The molecule has 0 unspecified atom stereocenters. The number of nitrogens with zero attached hydrogens (tertiary/aromatic N) is 4. The van der Waals surface area contributed by atoms with Crippen LogP contribution in [0.3, 0.4) is 0 Å². The largest absolute Gasteiger partial charge is 0.617 e. The van der Waals surface area contributed by atoms with E-state index < -0.39 is 11.2 Å². The topological polar surface area (TPSA) is 74.6 Å². The molecule has 6 heteroatoms. The van der Waals surface area contributed by atoms with E-state index in [-0.39, 0.29) is 0 Å². The van der Waals surface area contributed by atoms with Gasteiger partial charge in [-0.3, -0.25) is 0 Å². The van der Waals surface area contributed by atoms with Crippen molar-refractivity contribution >= 4 is 11.2 Å². The van der Waals surface area contributed by atoms with Crippen LogP contribution in [0.2, 0.25) is 0 Å². The molecule has 0 radical (unpaired) electrons. The van der Waals surface area contributed by atoms with Crippen molar-refractivity contribution in [3.8, 4) is 0 Å². The van der Waals surface area contributed by atoms with Gasteiger partial charge in [-0.15, -0.1) is 10.2 Å². The van der Waals surface area contributed by atoms with Crippen molar-refractivity contribution in [3.63, 3.8) is 0 Å². The molecule has 56 valence electrons. The molecule has 10 heavy (non-hydrogen) atoms. The van der Waals surface area contributed by atoms with Crippen LogP contribution in [0.4, 0.5) is 0 Å². The Morgan fingerprint density at radius 1 is 1.10 bits per heavy atom. The Bertz CT molecular complexity index is 118. The van der Waals surface area contributed by atoms with Crippen LogP contribution in [0.5, 0.6) is 0 Å². The van der Waals surface area contributed by atoms with Gasteiger partial charge in [0.05, 0.1) is 24.9 Å². The number of hydrogen-bond donors (Lipinski definition) is 0. The second-order valence-electron chi connectivity index (χ2n) is 1.45. The maximum Gasteiger partial charge on any atom is 0.0946 e. The van der Waals surface area contributed by atoms with Gasteiger partial charge < -0.3 is 4.55 Å². The van der Waals surface area contributed by atoms with Gasteiger partial charge in [0.15, 0.2) is 0 Å². The standard InChI is InChI=1S/C2H2N4.C2H6OS/c1-2-4-6-5-3-1;1-4(2)3/h1-2H;1-2H3. The highest BCUT2D eigenvalue weighted by atomic mass is 32.2. The van der Waals surface area contributed by atoms with E-state index in [9.17, 15) is 4.55 Å². The Labute approximate surface area is 62.0 Å². The molecule has 0 saturated heterocycles. The minimum atomic E-state index is -0.611. The van der Waals surface area contributed by atoms with Crippen LogP contribution in [0.1, 0.15) is 0 Å². The minimum absolute atomic E-state index is 0.611. The molecular formula is C4H8N4OS. The second-order valence-corrected chi connectivity index (χ2v) is 2.93. The van der Waals surface area contributed by atoms with E-state index in [1.807, 2.05) is 0 Å². The van der Waals surface area contributed by atoms with Crippen LogP contribution in [0.25, 0.3) is 0 Å². The highest BCUT2D eigenvalue weighted by Gasteiger charge is 1.66. The lowest BCUT2D eigenvalue weighted by atomic mass is 11.0. The van der Waals surface area contributed by atoms with Gasteiger partial charge in [-0.25, -0.2) is 0 Å². The van der Waals surface area contributed by atoms with Gasteiger partial charge in [0, 0.05) is 0 Å². The van der Waals surface area contributed by atoms with E-state index in [0.717, 1.165) is 0 Å². The zero-order valence-corrected chi connectivity index (χ0v) is 6.58. The molecule has 0 N–H and O–H groups in total. The average molecular weight is 160 g/mol. The lowest BCUT2D eigenvalue weighted by Crippen LogP contribution is -1.86. The molecule has 1 aromatic rings. The Balaban J connectivity index is 0.000000180. The molecule has 5 nitrogen and oxygen atoms in total. The summed E-state index contributed by atoms with van der Waals surface area (Å²) < 4.78 is 9.56. The van der Waals surface area contributed by atoms with Crippen molar-refractivity contribution in [1.29, 1.82) is 0 Å². The highest BCUT2D eigenvalue weighted by Crippen LogP contribution is 1.61. The van der Waals surface area contributed by atoms with E-state index in [0.29, 0.717) is 0 Å². The van der Waals surface area contributed by atoms with Crippen LogP contribution in [-0.4, -0.2) is 37.7 Å². The first-order chi connectivity index (χ1) is 4.73. The molecule has 0 bridgehead atoms. The molecule has 0 aliphatic carbocycles. The second kappa shape index (κ2) is 6.37. The Kier molecular flexibility index (Phi) is 5.89. The fraction of sp³-hybridized carbons (Fsp3) is 0.500. The van der Waals surface area contributed by atoms with E-state index in [4.69, 9.17) is 0 Å². The van der Waals surface area contributed by atoms with Gasteiger partial charge in [0.2, 0.25) is 0 Å². The van der Waals surface area contributed by atoms with Gasteiger partial charge in [-0.1, -0.05) is 11.2 Å². The van der Waals surface area contributed by atoms with Crippen LogP contribution >= 0.6 is 0 Å². The predicted molar refractivity (Wildman–Crippen MR) is 37.6 cm³/mol. The van der Waals surface area contributed by atoms with E-state index >= 15 is 0 Å². The van der Waals surface area contributed by atoms with Crippen molar-refractivity contribution in [2.75, 3.05) is 12.5 Å². The normalized spacial score (nSPS) is 8.40. The Morgan fingerprint density at radius 3 is 1.50 bits per heavy atom. The fourth-order valence-electron chi connectivity index (χ4n) is 0.165. The van der Waals surface area contributed by atoms with Crippen molar-refractivity contribution < 1.29 is 4.55 Å². The molecule has 0 aromatic carbocycles. The summed E-state index contributed by atoms with van der Waals surface area (Å²) in [7, 11) is 0. The molecule has 0 atom stereocenters. The molecule has 1 aromatic heterocycles. The third-order valence-electron chi connectivity index (χ3n) is 0.343. The minimum Gasteiger partial charge on any atom is -0.617 e. The van der Waals surface area contributed by atoms with Gasteiger partial charge in [0.25, 0.3) is 0 Å². The summed E-state index contributed by atoms with van der Waals surface area (Å²) in [5.41, 5.74) is 0. The lowest BCUT2D eigenvalue weighted by Gasteiger charge is -1.87. The molecule has 0 aliphatic heterocycles. The van der Waals surface area contributed by atoms with Gasteiger partial charge >= 0.3 is 0 Å². The van der Waals surface area contributed by atoms with Gasteiger partial charge in [0.1, 0.15) is 0 Å². The van der Waals surface area contributed by atoms with E-state index in [1.54, 1.807) is 12.5 Å².